The van der Waals surface area contributed by atoms with Crippen molar-refractivity contribution in [3.8, 4) is 0 Å². The van der Waals surface area contributed by atoms with Crippen molar-refractivity contribution in [2.24, 2.45) is 0 Å². The van der Waals surface area contributed by atoms with Gasteiger partial charge in [-0.2, -0.15) is 0 Å². The summed E-state index contributed by atoms with van der Waals surface area (Å²) in [7, 11) is 0. The van der Waals surface area contributed by atoms with Gasteiger partial charge < -0.3 is 9.84 Å². The van der Waals surface area contributed by atoms with Gasteiger partial charge in [0, 0.05) is 13.1 Å². The number of hydrogen-bond donors (Lipinski definition) is 1. The number of hydrogen-bond acceptors (Lipinski definition) is 5. The summed E-state index contributed by atoms with van der Waals surface area (Å²) in [6.07, 6.45) is 1.24. The number of aliphatic hydroxyl groups is 1. The molecule has 1 aromatic heterocycles. The van der Waals surface area contributed by atoms with Crippen molar-refractivity contribution in [3.63, 3.8) is 0 Å². The molecule has 0 aliphatic heterocycles. The molecule has 0 aromatic carbocycles. The molecule has 18 heavy (non-hydrogen) atoms. The van der Waals surface area contributed by atoms with Gasteiger partial charge in [0.15, 0.2) is 6.73 Å². The molecule has 1 heterocycles. The first-order valence-corrected chi connectivity index (χ1v) is 5.93. The van der Waals surface area contributed by atoms with Gasteiger partial charge in [0.2, 0.25) is 0 Å². The highest BCUT2D eigenvalue weighted by Crippen LogP contribution is 2.03. The van der Waals surface area contributed by atoms with Gasteiger partial charge in [-0.1, -0.05) is 0 Å². The van der Waals surface area contributed by atoms with Gasteiger partial charge in [0.1, 0.15) is 0 Å². The van der Waals surface area contributed by atoms with Crippen molar-refractivity contribution >= 4 is 21.9 Å². The maximum absolute atomic E-state index is 12.0. The summed E-state index contributed by atoms with van der Waals surface area (Å²) < 4.78 is 6.81. The first kappa shape index (κ1) is 14.7. The van der Waals surface area contributed by atoms with Crippen LogP contribution < -0.4 is 11.2 Å². The Morgan fingerprint density at radius 2 is 2.17 bits per heavy atom. The van der Waals surface area contributed by atoms with Crippen LogP contribution in [0.5, 0.6) is 0 Å². The van der Waals surface area contributed by atoms with Gasteiger partial charge in [-0.3, -0.25) is 18.7 Å². The Hall–Kier alpha value is -1.41. The number of ether oxygens (including phenoxy) is 1. The highest BCUT2D eigenvalue weighted by molar-refractivity contribution is 9.10. The summed E-state index contributed by atoms with van der Waals surface area (Å²) in [6.45, 7) is 2.11. The molecular weight excluding hydrogens is 308 g/mol. The van der Waals surface area contributed by atoms with Crippen LogP contribution in [-0.4, -0.2) is 26.8 Å². The van der Waals surface area contributed by atoms with Crippen LogP contribution in [0.1, 0.15) is 19.9 Å². The van der Waals surface area contributed by atoms with Gasteiger partial charge in [-0.25, -0.2) is 4.79 Å². The molecule has 0 saturated heterocycles. The maximum Gasteiger partial charge on any atom is 0.334 e. The third kappa shape index (κ3) is 3.08. The minimum Gasteiger partial charge on any atom is -0.444 e. The molecule has 0 aliphatic carbocycles. The van der Waals surface area contributed by atoms with E-state index in [0.29, 0.717) is 0 Å². The van der Waals surface area contributed by atoms with Crippen molar-refractivity contribution in [3.05, 3.63) is 31.5 Å². The quantitative estimate of drug-likeness (QED) is 0.779. The molecular formula is C10H13BrN2O5. The number of aliphatic hydroxyl groups excluding tert-OH is 1. The molecule has 1 unspecified atom stereocenters. The van der Waals surface area contributed by atoms with E-state index in [1.165, 1.54) is 20.0 Å². The SMILES string of the molecule is CC(=O)OCn1cc(Br)c(=O)n(C(C)CO)c1=O. The van der Waals surface area contributed by atoms with E-state index in [-0.39, 0.29) is 17.8 Å². The standard InChI is InChI=1S/C10H13BrN2O5/c1-6(4-14)13-9(16)8(11)3-12(10(13)17)5-18-7(2)15/h3,6,14H,4-5H2,1-2H3. The normalized spacial score (nSPS) is 12.2. The van der Waals surface area contributed by atoms with Crippen LogP contribution in [0.4, 0.5) is 0 Å². The average molecular weight is 321 g/mol. The third-order valence-corrected chi connectivity index (χ3v) is 2.80. The zero-order valence-corrected chi connectivity index (χ0v) is 11.5. The predicted octanol–water partition coefficient (Wildman–Crippen LogP) is -0.154. The van der Waals surface area contributed by atoms with Gasteiger partial charge in [-0.15, -0.1) is 0 Å². The Balaban J connectivity index is 3.31. The molecule has 1 aromatic rings. The summed E-state index contributed by atoms with van der Waals surface area (Å²) in [5, 5.41) is 9.03. The fourth-order valence-electron chi connectivity index (χ4n) is 1.31. The highest BCUT2D eigenvalue weighted by Gasteiger charge is 2.14. The minimum absolute atomic E-state index is 0.148. The van der Waals surface area contributed by atoms with Crippen molar-refractivity contribution in [2.75, 3.05) is 6.61 Å². The average Bonchev–Trinajstić information content (AvgIpc) is 2.31. The zero-order valence-electron chi connectivity index (χ0n) is 9.92. The van der Waals surface area contributed by atoms with Gasteiger partial charge in [-0.05, 0) is 22.9 Å². The van der Waals surface area contributed by atoms with Crippen molar-refractivity contribution in [1.29, 1.82) is 0 Å². The molecule has 1 N–H and O–H groups in total. The summed E-state index contributed by atoms with van der Waals surface area (Å²) in [5.74, 6) is -0.536. The van der Waals surface area contributed by atoms with E-state index >= 15 is 0 Å². The third-order valence-electron chi connectivity index (χ3n) is 2.26. The molecule has 1 atom stereocenters. The molecule has 0 aliphatic rings. The van der Waals surface area contributed by atoms with E-state index in [1.54, 1.807) is 0 Å². The Labute approximate surface area is 111 Å². The van der Waals surface area contributed by atoms with E-state index in [0.717, 1.165) is 9.13 Å². The minimum atomic E-state index is -0.661. The van der Waals surface area contributed by atoms with Gasteiger partial charge >= 0.3 is 11.7 Å². The second kappa shape index (κ2) is 5.96. The number of halogens is 1. The lowest BCUT2D eigenvalue weighted by molar-refractivity contribution is -0.144. The number of nitrogens with zero attached hydrogens (tertiary/aromatic N) is 2. The first-order valence-electron chi connectivity index (χ1n) is 5.14. The van der Waals surface area contributed by atoms with E-state index in [9.17, 15) is 14.4 Å². The Kier molecular flexibility index (Phi) is 4.85. The molecule has 7 nitrogen and oxygen atoms in total. The van der Waals surface area contributed by atoms with Crippen molar-refractivity contribution < 1.29 is 14.6 Å². The highest BCUT2D eigenvalue weighted by atomic mass is 79.9. The Morgan fingerprint density at radius 1 is 1.56 bits per heavy atom. The molecule has 0 saturated carbocycles. The molecule has 0 amide bonds. The number of esters is 1. The van der Waals surface area contributed by atoms with E-state index < -0.39 is 23.3 Å². The van der Waals surface area contributed by atoms with E-state index in [2.05, 4.69) is 15.9 Å². The van der Waals surface area contributed by atoms with Gasteiger partial charge in [0.05, 0.1) is 17.1 Å². The second-order valence-corrected chi connectivity index (χ2v) is 4.56. The molecule has 1 rings (SSSR count). The number of carbonyl (C=O) groups is 1. The van der Waals surface area contributed by atoms with Crippen LogP contribution in [0.2, 0.25) is 0 Å². The predicted molar refractivity (Wildman–Crippen MR) is 66.2 cm³/mol. The van der Waals surface area contributed by atoms with Gasteiger partial charge in [0.25, 0.3) is 5.56 Å². The lowest BCUT2D eigenvalue weighted by Gasteiger charge is -2.14. The van der Waals surface area contributed by atoms with Crippen LogP contribution in [0.25, 0.3) is 0 Å². The van der Waals surface area contributed by atoms with E-state index in [4.69, 9.17) is 9.84 Å². The fourth-order valence-corrected chi connectivity index (χ4v) is 1.75. The zero-order chi connectivity index (χ0) is 13.9. The Morgan fingerprint density at radius 3 is 2.67 bits per heavy atom. The monoisotopic (exact) mass is 320 g/mol. The molecule has 0 radical (unpaired) electrons. The van der Waals surface area contributed by atoms with Crippen LogP contribution in [-0.2, 0) is 16.3 Å². The van der Waals surface area contributed by atoms with Crippen molar-refractivity contribution in [1.82, 2.24) is 9.13 Å². The van der Waals surface area contributed by atoms with Crippen LogP contribution >= 0.6 is 15.9 Å². The Bertz CT molecular complexity index is 562. The number of aromatic nitrogens is 2. The van der Waals surface area contributed by atoms with Crippen LogP contribution in [0.3, 0.4) is 0 Å². The molecule has 0 bridgehead atoms. The fraction of sp³-hybridized carbons (Fsp3) is 0.500. The van der Waals surface area contributed by atoms with Crippen molar-refractivity contribution in [2.45, 2.75) is 26.6 Å². The maximum atomic E-state index is 12.0. The lowest BCUT2D eigenvalue weighted by Crippen LogP contribution is -2.42. The summed E-state index contributed by atoms with van der Waals surface area (Å²) in [4.78, 5) is 34.4. The number of carbonyl (C=O) groups excluding carboxylic acids is 1. The summed E-state index contributed by atoms with van der Waals surface area (Å²) in [6, 6.07) is -0.661. The van der Waals surface area contributed by atoms with Crippen LogP contribution in [0.15, 0.2) is 20.3 Å². The molecule has 0 spiro atoms. The smallest absolute Gasteiger partial charge is 0.334 e. The molecule has 100 valence electrons. The van der Waals surface area contributed by atoms with E-state index in [1.807, 2.05) is 0 Å². The first-order chi connectivity index (χ1) is 8.38. The lowest BCUT2D eigenvalue weighted by atomic mass is 10.3. The molecule has 8 heteroatoms. The van der Waals surface area contributed by atoms with Crippen LogP contribution in [0, 0.1) is 0 Å². The summed E-state index contributed by atoms with van der Waals surface area (Å²) >= 11 is 3.02. The summed E-state index contributed by atoms with van der Waals surface area (Å²) in [5.41, 5.74) is -1.19. The second-order valence-electron chi connectivity index (χ2n) is 3.70. The topological polar surface area (TPSA) is 90.5 Å². The largest absolute Gasteiger partial charge is 0.444 e. The molecule has 0 fully saturated rings. The number of rotatable bonds is 4.